The van der Waals surface area contributed by atoms with Crippen LogP contribution in [0.25, 0.3) is 0 Å². The molecule has 1 aromatic carbocycles. The summed E-state index contributed by atoms with van der Waals surface area (Å²) in [6.07, 6.45) is 0.735. The summed E-state index contributed by atoms with van der Waals surface area (Å²) in [5, 5.41) is 12.2. The van der Waals surface area contributed by atoms with E-state index >= 15 is 8.78 Å². The van der Waals surface area contributed by atoms with E-state index in [9.17, 15) is 23.5 Å². The van der Waals surface area contributed by atoms with Gasteiger partial charge >= 0.3 is 5.92 Å². The minimum absolute atomic E-state index is 0.0529. The summed E-state index contributed by atoms with van der Waals surface area (Å²) in [5.74, 6) is -8.78. The molecule has 0 saturated carbocycles. The molecule has 0 radical (unpaired) electrons. The molecule has 2 amide bonds. The van der Waals surface area contributed by atoms with Crippen molar-refractivity contribution in [1.29, 1.82) is 0 Å². The first-order valence-electron chi connectivity index (χ1n) is 10.2. The van der Waals surface area contributed by atoms with Gasteiger partial charge in [0.05, 0.1) is 11.7 Å². The predicted octanol–water partition coefficient (Wildman–Crippen LogP) is 3.53. The second-order valence-corrected chi connectivity index (χ2v) is 8.27. The Morgan fingerprint density at radius 3 is 2.41 bits per heavy atom. The van der Waals surface area contributed by atoms with Crippen LogP contribution in [0.4, 0.5) is 23.2 Å². The monoisotopic (exact) mass is 451 g/mol. The molecule has 2 bridgehead atoms. The zero-order valence-corrected chi connectivity index (χ0v) is 17.1. The molecule has 3 heterocycles. The quantitative estimate of drug-likeness (QED) is 0.551. The van der Waals surface area contributed by atoms with Gasteiger partial charge in [-0.25, -0.2) is 9.37 Å². The maximum absolute atomic E-state index is 15.2. The highest BCUT2D eigenvalue weighted by Crippen LogP contribution is 2.41. The summed E-state index contributed by atoms with van der Waals surface area (Å²) in [4.78, 5) is 29.9. The number of amides is 2. The highest BCUT2D eigenvalue weighted by Gasteiger charge is 2.53. The second kappa shape index (κ2) is 8.16. The van der Waals surface area contributed by atoms with E-state index in [1.807, 2.05) is 0 Å². The first-order chi connectivity index (χ1) is 15.1. The fraction of sp³-hybridized carbons (Fsp3) is 0.409. The number of anilines is 1. The van der Waals surface area contributed by atoms with E-state index in [2.05, 4.69) is 10.3 Å². The fourth-order valence-electron chi connectivity index (χ4n) is 4.57. The topological polar surface area (TPSA) is 82.5 Å². The number of hydrogen-bond donors (Lipinski definition) is 2. The molecule has 1 aromatic heterocycles. The highest BCUT2D eigenvalue weighted by atomic mass is 19.3. The molecule has 0 aliphatic carbocycles. The number of fused-ring (bicyclic) bond motifs is 2. The average molecular weight is 451 g/mol. The highest BCUT2D eigenvalue weighted by molar-refractivity contribution is 6.04. The zero-order chi connectivity index (χ0) is 23.2. The number of rotatable bonds is 4. The molecule has 1 unspecified atom stereocenters. The Balaban J connectivity index is 1.60. The number of nitrogens with one attached hydrogen (secondary N) is 1. The number of hydrogen-bond acceptors (Lipinski definition) is 4. The van der Waals surface area contributed by atoms with E-state index in [1.54, 1.807) is 0 Å². The number of alkyl halides is 2. The number of aliphatic hydroxyl groups excluding tert-OH is 1. The minimum atomic E-state index is -4.21. The zero-order valence-electron chi connectivity index (χ0n) is 17.1. The Bertz CT molecular complexity index is 1040. The van der Waals surface area contributed by atoms with Crippen molar-refractivity contribution in [3.63, 3.8) is 0 Å². The van der Waals surface area contributed by atoms with Gasteiger partial charge in [0.15, 0.2) is 0 Å². The van der Waals surface area contributed by atoms with Crippen LogP contribution in [0.2, 0.25) is 0 Å². The van der Waals surface area contributed by atoms with Crippen molar-refractivity contribution in [1.82, 2.24) is 9.88 Å². The molecule has 2 aliphatic heterocycles. The second-order valence-electron chi connectivity index (χ2n) is 8.27. The molecule has 2 fully saturated rings. The van der Waals surface area contributed by atoms with Crippen LogP contribution in [0.15, 0.2) is 30.3 Å². The number of carbonyl (C=O) groups excluding carboxylic acids is 2. The summed E-state index contributed by atoms with van der Waals surface area (Å²) in [6.45, 7) is 1.51. The number of aliphatic hydroxyl groups is 1. The molecule has 0 spiro atoms. The van der Waals surface area contributed by atoms with E-state index in [0.717, 1.165) is 17.0 Å². The van der Waals surface area contributed by atoms with Crippen molar-refractivity contribution in [2.24, 2.45) is 0 Å². The van der Waals surface area contributed by atoms with E-state index in [0.29, 0.717) is 30.7 Å². The average Bonchev–Trinajstić information content (AvgIpc) is 2.97. The lowest BCUT2D eigenvalue weighted by Crippen LogP contribution is -2.53. The molecule has 10 heteroatoms. The minimum Gasteiger partial charge on any atom is -0.393 e. The molecule has 32 heavy (non-hydrogen) atoms. The first-order valence-corrected chi connectivity index (χ1v) is 10.2. The Kier molecular flexibility index (Phi) is 5.66. The molecule has 170 valence electrons. The van der Waals surface area contributed by atoms with Crippen molar-refractivity contribution in [3.05, 3.63) is 58.9 Å². The SMILES string of the molecule is Cc1cc(NC(=O)c2ccc(F)c(C(F)(F)C(=O)N3[C@@H]4CC[C@H]3CC(O)C4)c2)cc(F)n1. The number of aryl methyl sites for hydroxylation is 1. The van der Waals surface area contributed by atoms with Gasteiger partial charge < -0.3 is 15.3 Å². The lowest BCUT2D eigenvalue weighted by molar-refractivity contribution is -0.166. The van der Waals surface area contributed by atoms with Gasteiger partial charge in [-0.1, -0.05) is 0 Å². The van der Waals surface area contributed by atoms with Gasteiger partial charge in [-0.2, -0.15) is 13.2 Å². The molecule has 2 N–H and O–H groups in total. The largest absolute Gasteiger partial charge is 0.393 e. The third-order valence-electron chi connectivity index (χ3n) is 5.96. The van der Waals surface area contributed by atoms with Crippen molar-refractivity contribution in [3.8, 4) is 0 Å². The first kappa shape index (κ1) is 22.2. The van der Waals surface area contributed by atoms with Gasteiger partial charge in [-0.15, -0.1) is 0 Å². The molecule has 2 aromatic rings. The van der Waals surface area contributed by atoms with Gasteiger partial charge in [0.25, 0.3) is 11.8 Å². The molecule has 3 atom stereocenters. The van der Waals surface area contributed by atoms with Gasteiger partial charge in [-0.3, -0.25) is 9.59 Å². The van der Waals surface area contributed by atoms with Crippen molar-refractivity contribution < 1.29 is 32.3 Å². The van der Waals surface area contributed by atoms with Crippen LogP contribution in [0.1, 0.15) is 47.3 Å². The summed E-state index contributed by atoms with van der Waals surface area (Å²) in [5.41, 5.74) is -1.19. The number of piperidine rings is 1. The standard InChI is InChI=1S/C22H21F4N3O3/c1-11-6-13(8-19(24)27-11)28-20(31)12-2-5-18(23)17(7-12)22(25,26)21(32)29-14-3-4-15(29)10-16(30)9-14/h2,5-8,14-16,30H,3-4,9-10H2,1H3,(H,27,28,31)/t14-,15+,16?. The molecule has 4 rings (SSSR count). The summed E-state index contributed by atoms with van der Waals surface area (Å²) < 4.78 is 58.1. The fourth-order valence-corrected chi connectivity index (χ4v) is 4.57. The Morgan fingerprint density at radius 1 is 1.12 bits per heavy atom. The number of benzene rings is 1. The normalized spacial score (nSPS) is 22.7. The Hall–Kier alpha value is -3.01. The van der Waals surface area contributed by atoms with Crippen molar-refractivity contribution in [2.75, 3.05) is 5.32 Å². The van der Waals surface area contributed by atoms with E-state index < -0.39 is 53.3 Å². The van der Waals surface area contributed by atoms with E-state index in [1.165, 1.54) is 13.0 Å². The van der Waals surface area contributed by atoms with Gasteiger partial charge in [-0.05, 0) is 56.9 Å². The number of nitrogens with zero attached hydrogens (tertiary/aromatic N) is 2. The maximum atomic E-state index is 15.2. The van der Waals surface area contributed by atoms with Crippen LogP contribution in [0, 0.1) is 18.7 Å². The Morgan fingerprint density at radius 2 is 1.78 bits per heavy atom. The lowest BCUT2D eigenvalue weighted by Gasteiger charge is -2.39. The summed E-state index contributed by atoms with van der Waals surface area (Å²) >= 11 is 0. The molecule has 6 nitrogen and oxygen atoms in total. The lowest BCUT2D eigenvalue weighted by atomic mass is 9.96. The van der Waals surface area contributed by atoms with Crippen LogP contribution < -0.4 is 5.32 Å². The van der Waals surface area contributed by atoms with Crippen LogP contribution >= 0.6 is 0 Å². The third kappa shape index (κ3) is 4.06. The van der Waals surface area contributed by atoms with Gasteiger partial charge in [0.1, 0.15) is 5.82 Å². The van der Waals surface area contributed by atoms with Gasteiger partial charge in [0, 0.05) is 35.1 Å². The smallest absolute Gasteiger partial charge is 0.352 e. The van der Waals surface area contributed by atoms with Gasteiger partial charge in [0.2, 0.25) is 5.95 Å². The van der Waals surface area contributed by atoms with E-state index in [4.69, 9.17) is 0 Å². The van der Waals surface area contributed by atoms with Crippen LogP contribution in [-0.2, 0) is 10.7 Å². The number of halogens is 4. The molecule has 2 aliphatic rings. The van der Waals surface area contributed by atoms with E-state index in [-0.39, 0.29) is 24.1 Å². The number of carbonyl (C=O) groups is 2. The number of pyridine rings is 1. The predicted molar refractivity (Wildman–Crippen MR) is 106 cm³/mol. The van der Waals surface area contributed by atoms with Crippen LogP contribution in [0.3, 0.4) is 0 Å². The molecule has 2 saturated heterocycles. The van der Waals surface area contributed by atoms with Crippen LogP contribution in [0.5, 0.6) is 0 Å². The van der Waals surface area contributed by atoms with Crippen LogP contribution in [-0.4, -0.2) is 45.0 Å². The number of aromatic nitrogens is 1. The molecular formula is C22H21F4N3O3. The van der Waals surface area contributed by atoms with Crippen molar-refractivity contribution in [2.45, 2.75) is 56.7 Å². The maximum Gasteiger partial charge on any atom is 0.352 e. The summed E-state index contributed by atoms with van der Waals surface area (Å²) in [7, 11) is 0. The Labute approximate surface area is 181 Å². The van der Waals surface area contributed by atoms with Crippen molar-refractivity contribution >= 4 is 17.5 Å². The molecular weight excluding hydrogens is 430 g/mol. The third-order valence-corrected chi connectivity index (χ3v) is 5.96. The summed E-state index contributed by atoms with van der Waals surface area (Å²) in [6, 6.07) is 3.60.